The smallest absolute Gasteiger partial charge is 0.261 e. The molecule has 162 valence electrons. The lowest BCUT2D eigenvalue weighted by Gasteiger charge is -2.10. The molecule has 1 aromatic heterocycles. The van der Waals surface area contributed by atoms with Crippen LogP contribution >= 0.6 is 11.6 Å². The molecule has 7 nitrogen and oxygen atoms in total. The molecule has 0 spiro atoms. The van der Waals surface area contributed by atoms with Crippen LogP contribution < -0.4 is 4.74 Å². The Bertz CT molecular complexity index is 1040. The Labute approximate surface area is 182 Å². The normalized spacial score (nSPS) is 11.2. The summed E-state index contributed by atoms with van der Waals surface area (Å²) in [5, 5.41) is 5.36. The van der Waals surface area contributed by atoms with Crippen molar-refractivity contribution in [2.45, 2.75) is 6.92 Å². The molecule has 0 fully saturated rings. The van der Waals surface area contributed by atoms with Gasteiger partial charge in [0, 0.05) is 17.8 Å². The molecule has 3 aromatic rings. The maximum atomic E-state index is 9.19. The molecule has 0 radical (unpaired) electrons. The van der Waals surface area contributed by atoms with Gasteiger partial charge in [-0.3, -0.25) is 4.55 Å². The second-order valence-corrected chi connectivity index (χ2v) is 8.92. The quantitative estimate of drug-likeness (QED) is 0.571. The second-order valence-electron chi connectivity index (χ2n) is 7.02. The van der Waals surface area contributed by atoms with Crippen LogP contribution in [0.2, 0.25) is 5.02 Å². The molecule has 0 saturated carbocycles. The molecule has 0 aliphatic rings. The molecule has 9 heteroatoms. The Morgan fingerprint density at radius 2 is 1.67 bits per heavy atom. The molecular weight excluding hydrogens is 426 g/mol. The van der Waals surface area contributed by atoms with Crippen molar-refractivity contribution in [2.75, 3.05) is 33.5 Å². The predicted octanol–water partition coefficient (Wildman–Crippen LogP) is 3.95. The number of hydrogen-bond donors (Lipinski definition) is 1. The van der Waals surface area contributed by atoms with Crippen LogP contribution in [0.1, 0.15) is 5.56 Å². The summed E-state index contributed by atoms with van der Waals surface area (Å²) >= 11 is 6.02. The Hall–Kier alpha value is -2.39. The maximum Gasteiger partial charge on any atom is 0.261 e. The van der Waals surface area contributed by atoms with E-state index in [2.05, 4.69) is 41.2 Å². The van der Waals surface area contributed by atoms with Crippen molar-refractivity contribution in [1.29, 1.82) is 0 Å². The minimum absolute atomic E-state index is 0.582. The molecule has 2 aromatic carbocycles. The van der Waals surface area contributed by atoms with Gasteiger partial charge in [-0.1, -0.05) is 41.4 Å². The van der Waals surface area contributed by atoms with Crippen molar-refractivity contribution in [3.05, 3.63) is 65.3 Å². The Morgan fingerprint density at radius 3 is 2.20 bits per heavy atom. The summed E-state index contributed by atoms with van der Waals surface area (Å²) in [4.78, 5) is 2.08. The van der Waals surface area contributed by atoms with Crippen LogP contribution in [0.3, 0.4) is 0 Å². The first-order valence-corrected chi connectivity index (χ1v) is 11.4. The summed E-state index contributed by atoms with van der Waals surface area (Å²) in [6.45, 7) is 3.48. The van der Waals surface area contributed by atoms with Gasteiger partial charge in [-0.15, -0.1) is 5.10 Å². The van der Waals surface area contributed by atoms with Gasteiger partial charge in [0.15, 0.2) is 0 Å². The summed E-state index contributed by atoms with van der Waals surface area (Å²) in [6.07, 6.45) is 2.71. The first-order chi connectivity index (χ1) is 14.0. The highest BCUT2D eigenvalue weighted by molar-refractivity contribution is 7.85. The zero-order chi connectivity index (χ0) is 22.3. The van der Waals surface area contributed by atoms with E-state index in [0.29, 0.717) is 23.8 Å². The second kappa shape index (κ2) is 10.6. The monoisotopic (exact) mass is 451 g/mol. The number of hydrogen-bond acceptors (Lipinski definition) is 5. The van der Waals surface area contributed by atoms with E-state index < -0.39 is 10.1 Å². The molecule has 0 saturated heterocycles. The van der Waals surface area contributed by atoms with Crippen LogP contribution in [-0.4, -0.2) is 61.2 Å². The van der Waals surface area contributed by atoms with Gasteiger partial charge in [-0.2, -0.15) is 8.42 Å². The first-order valence-electron chi connectivity index (χ1n) is 9.15. The number of rotatable bonds is 6. The van der Waals surface area contributed by atoms with Crippen LogP contribution in [0.4, 0.5) is 0 Å². The molecule has 0 bridgehead atoms. The molecule has 3 rings (SSSR count). The van der Waals surface area contributed by atoms with Crippen LogP contribution in [0.15, 0.2) is 54.7 Å². The van der Waals surface area contributed by atoms with Crippen LogP contribution in [0.25, 0.3) is 16.8 Å². The Balaban J connectivity index is 0.000000575. The lowest BCUT2D eigenvalue weighted by atomic mass is 10.1. The third-order valence-corrected chi connectivity index (χ3v) is 4.16. The van der Waals surface area contributed by atoms with Gasteiger partial charge in [0.2, 0.25) is 5.88 Å². The fourth-order valence-electron chi connectivity index (χ4n) is 2.45. The number of likely N-dealkylation sites (N-methyl/N-ethyl adjacent to an activating group) is 1. The molecule has 1 heterocycles. The fraction of sp³-hybridized carbons (Fsp3) is 0.286. The lowest BCUT2D eigenvalue weighted by Crippen LogP contribution is -2.19. The topological polar surface area (TPSA) is 84.7 Å². The maximum absolute atomic E-state index is 9.19. The van der Waals surface area contributed by atoms with Gasteiger partial charge >= 0.3 is 0 Å². The molecule has 0 aliphatic carbocycles. The van der Waals surface area contributed by atoms with Crippen molar-refractivity contribution < 1.29 is 17.7 Å². The van der Waals surface area contributed by atoms with Gasteiger partial charge in [0.1, 0.15) is 6.61 Å². The van der Waals surface area contributed by atoms with Crippen molar-refractivity contribution in [2.24, 2.45) is 0 Å². The van der Waals surface area contributed by atoms with Gasteiger partial charge in [0.25, 0.3) is 10.1 Å². The Morgan fingerprint density at radius 1 is 1.10 bits per heavy atom. The largest absolute Gasteiger partial charge is 0.475 e. The third-order valence-electron chi connectivity index (χ3n) is 3.91. The Kier molecular flexibility index (Phi) is 8.43. The van der Waals surface area contributed by atoms with Gasteiger partial charge < -0.3 is 9.64 Å². The van der Waals surface area contributed by atoms with Gasteiger partial charge in [0.05, 0.1) is 17.5 Å². The number of aryl methyl sites for hydroxylation is 1. The highest BCUT2D eigenvalue weighted by Crippen LogP contribution is 2.31. The lowest BCUT2D eigenvalue weighted by molar-refractivity contribution is 0.253. The average molecular weight is 452 g/mol. The zero-order valence-corrected chi connectivity index (χ0v) is 19.0. The van der Waals surface area contributed by atoms with E-state index in [1.807, 2.05) is 49.2 Å². The number of benzene rings is 2. The summed E-state index contributed by atoms with van der Waals surface area (Å²) in [7, 11) is 0.378. The summed E-state index contributed by atoms with van der Waals surface area (Å²) < 4.78 is 33.7. The van der Waals surface area contributed by atoms with E-state index in [9.17, 15) is 8.42 Å². The standard InChI is InChI=1S/C20H22ClN3O.CH4O3S/c1-15-4-10-18(11-5-15)24-14-19(16-6-8-17(21)9-7-16)20(22-24)25-13-12-23(2)3;1-5(2,3)4/h4-11,14H,12-13H2,1-3H3;1H3,(H,2,3,4). The molecule has 0 aliphatic heterocycles. The molecule has 0 unspecified atom stereocenters. The van der Waals surface area contributed by atoms with E-state index in [-0.39, 0.29) is 0 Å². The number of ether oxygens (including phenoxy) is 1. The fourth-order valence-corrected chi connectivity index (χ4v) is 2.57. The highest BCUT2D eigenvalue weighted by atomic mass is 35.5. The molecule has 30 heavy (non-hydrogen) atoms. The van der Waals surface area contributed by atoms with Crippen LogP contribution in [-0.2, 0) is 10.1 Å². The molecule has 0 atom stereocenters. The summed E-state index contributed by atoms with van der Waals surface area (Å²) in [5.74, 6) is 0.629. The van der Waals surface area contributed by atoms with E-state index >= 15 is 0 Å². The first kappa shape index (κ1) is 23.9. The summed E-state index contributed by atoms with van der Waals surface area (Å²) in [6, 6.07) is 16.0. The molecule has 0 amide bonds. The zero-order valence-electron chi connectivity index (χ0n) is 17.4. The van der Waals surface area contributed by atoms with Crippen molar-refractivity contribution >= 4 is 21.7 Å². The number of aromatic nitrogens is 2. The van der Waals surface area contributed by atoms with Crippen molar-refractivity contribution in [1.82, 2.24) is 14.7 Å². The number of halogens is 1. The van der Waals surface area contributed by atoms with Crippen molar-refractivity contribution in [3.63, 3.8) is 0 Å². The van der Waals surface area contributed by atoms with Crippen molar-refractivity contribution in [3.8, 4) is 22.7 Å². The summed E-state index contributed by atoms with van der Waals surface area (Å²) in [5.41, 5.74) is 4.21. The van der Waals surface area contributed by atoms with E-state index in [1.54, 1.807) is 0 Å². The third kappa shape index (κ3) is 8.16. The average Bonchev–Trinajstić information content (AvgIpc) is 3.05. The predicted molar refractivity (Wildman–Crippen MR) is 120 cm³/mol. The van der Waals surface area contributed by atoms with Crippen LogP contribution in [0.5, 0.6) is 5.88 Å². The molecule has 1 N–H and O–H groups in total. The van der Waals surface area contributed by atoms with Gasteiger partial charge in [-0.25, -0.2) is 4.68 Å². The molecular formula is C21H26ClN3O4S. The van der Waals surface area contributed by atoms with E-state index in [1.165, 1.54) is 5.56 Å². The van der Waals surface area contributed by atoms with Crippen LogP contribution in [0, 0.1) is 6.92 Å². The minimum Gasteiger partial charge on any atom is -0.475 e. The van der Waals surface area contributed by atoms with E-state index in [0.717, 1.165) is 23.4 Å². The minimum atomic E-state index is -3.67. The highest BCUT2D eigenvalue weighted by Gasteiger charge is 2.14. The van der Waals surface area contributed by atoms with Gasteiger partial charge in [-0.05, 0) is 50.8 Å². The SMILES string of the molecule is CS(=O)(=O)O.Cc1ccc(-n2cc(-c3ccc(Cl)cc3)c(OCCN(C)C)n2)cc1. The van der Waals surface area contributed by atoms with E-state index in [4.69, 9.17) is 20.9 Å². The number of nitrogens with zero attached hydrogens (tertiary/aromatic N) is 3.